The number of nitrogens with one attached hydrogen (secondary N) is 2. The highest BCUT2D eigenvalue weighted by atomic mass is 16.2. The van der Waals surface area contributed by atoms with Gasteiger partial charge in [0, 0.05) is 33.1 Å². The van der Waals surface area contributed by atoms with Gasteiger partial charge >= 0.3 is 0 Å². The van der Waals surface area contributed by atoms with E-state index in [0.717, 1.165) is 0 Å². The van der Waals surface area contributed by atoms with E-state index in [9.17, 15) is 9.59 Å². The molecule has 4 N–H and O–H groups in total. The number of nitrogens with two attached hydrogens (primary N) is 1. The van der Waals surface area contributed by atoms with E-state index in [1.807, 2.05) is 0 Å². The van der Waals surface area contributed by atoms with Gasteiger partial charge in [0.2, 0.25) is 5.91 Å². The third-order valence-corrected chi connectivity index (χ3v) is 1.97. The summed E-state index contributed by atoms with van der Waals surface area (Å²) in [6.45, 7) is 0.286. The van der Waals surface area contributed by atoms with Crippen molar-refractivity contribution in [3.8, 4) is 0 Å². The second-order valence-electron chi connectivity index (χ2n) is 3.50. The molecule has 7 nitrogen and oxygen atoms in total. The van der Waals surface area contributed by atoms with Crippen LogP contribution in [0, 0.1) is 0 Å². The Labute approximate surface area is 93.0 Å². The minimum absolute atomic E-state index is 0.0376. The van der Waals surface area contributed by atoms with Gasteiger partial charge in [0.15, 0.2) is 0 Å². The van der Waals surface area contributed by atoms with Crippen LogP contribution in [0.1, 0.15) is 16.9 Å². The quantitative estimate of drug-likeness (QED) is 0.624. The van der Waals surface area contributed by atoms with Crippen molar-refractivity contribution in [3.63, 3.8) is 0 Å². The molecule has 0 radical (unpaired) electrons. The Morgan fingerprint density at radius 3 is 2.75 bits per heavy atom. The van der Waals surface area contributed by atoms with Crippen LogP contribution in [0.15, 0.2) is 6.07 Å². The molecule has 1 heterocycles. The van der Waals surface area contributed by atoms with Crippen LogP contribution >= 0.6 is 0 Å². The number of aromatic amines is 1. The van der Waals surface area contributed by atoms with E-state index in [1.165, 1.54) is 11.0 Å². The highest BCUT2D eigenvalue weighted by Crippen LogP contribution is 1.99. The minimum Gasteiger partial charge on any atom is -0.382 e. The molecule has 0 bridgehead atoms. The molecular weight excluding hydrogens is 210 g/mol. The molecule has 0 aliphatic carbocycles. The van der Waals surface area contributed by atoms with Crippen LogP contribution in [-0.2, 0) is 4.79 Å². The van der Waals surface area contributed by atoms with E-state index in [0.29, 0.717) is 0 Å². The molecule has 0 aliphatic heterocycles. The molecule has 0 saturated carbocycles. The lowest BCUT2D eigenvalue weighted by molar-refractivity contribution is -0.128. The Hall–Kier alpha value is -2.05. The normalized spacial score (nSPS) is 9.88. The van der Waals surface area contributed by atoms with Gasteiger partial charge in [-0.15, -0.1) is 0 Å². The average Bonchev–Trinajstić information content (AvgIpc) is 2.64. The van der Waals surface area contributed by atoms with Crippen LogP contribution < -0.4 is 11.1 Å². The summed E-state index contributed by atoms with van der Waals surface area (Å²) in [6.07, 6.45) is 0.266. The summed E-state index contributed by atoms with van der Waals surface area (Å²) in [4.78, 5) is 24.1. The molecule has 16 heavy (non-hydrogen) atoms. The van der Waals surface area contributed by atoms with Gasteiger partial charge in [-0.1, -0.05) is 0 Å². The van der Waals surface area contributed by atoms with E-state index >= 15 is 0 Å². The Kier molecular flexibility index (Phi) is 3.87. The topological polar surface area (TPSA) is 104 Å². The fraction of sp³-hybridized carbons (Fsp3) is 0.444. The number of rotatable bonds is 4. The molecule has 2 amide bonds. The highest BCUT2D eigenvalue weighted by Gasteiger charge is 2.09. The average molecular weight is 225 g/mol. The maximum atomic E-state index is 11.4. The standard InChI is InChI=1S/C9H15N5O2/c1-14(2)8(15)3-4-11-9(16)6-5-7(10)13-12-6/h5H,3-4H2,1-2H3,(H,11,16)(H3,10,12,13). The molecule has 1 rings (SSSR count). The van der Waals surface area contributed by atoms with Crippen LogP contribution in [0.3, 0.4) is 0 Å². The van der Waals surface area contributed by atoms with E-state index in [1.54, 1.807) is 14.1 Å². The summed E-state index contributed by atoms with van der Waals surface area (Å²) in [5, 5.41) is 8.69. The first-order chi connectivity index (χ1) is 7.50. The van der Waals surface area contributed by atoms with Crippen LogP contribution in [0.5, 0.6) is 0 Å². The molecule has 7 heteroatoms. The summed E-state index contributed by atoms with van der Waals surface area (Å²) in [7, 11) is 3.33. The largest absolute Gasteiger partial charge is 0.382 e. The van der Waals surface area contributed by atoms with Crippen molar-refractivity contribution in [2.45, 2.75) is 6.42 Å². The lowest BCUT2D eigenvalue weighted by atomic mass is 10.3. The van der Waals surface area contributed by atoms with Gasteiger partial charge in [0.05, 0.1) is 0 Å². The molecule has 0 fully saturated rings. The summed E-state index contributed by atoms with van der Waals surface area (Å²) in [6, 6.07) is 1.43. The summed E-state index contributed by atoms with van der Waals surface area (Å²) in [5.41, 5.74) is 5.64. The molecule has 0 spiro atoms. The molecule has 1 aromatic rings. The maximum absolute atomic E-state index is 11.4. The molecule has 0 saturated heterocycles. The number of carbonyl (C=O) groups excluding carboxylic acids is 2. The van der Waals surface area contributed by atoms with Gasteiger partial charge in [-0.3, -0.25) is 14.7 Å². The summed E-state index contributed by atoms with van der Waals surface area (Å²) < 4.78 is 0. The lowest BCUT2D eigenvalue weighted by Gasteiger charge is -2.09. The second-order valence-corrected chi connectivity index (χ2v) is 3.50. The number of amides is 2. The summed E-state index contributed by atoms with van der Waals surface area (Å²) in [5.74, 6) is -0.102. The van der Waals surface area contributed by atoms with E-state index < -0.39 is 0 Å². The van der Waals surface area contributed by atoms with Crippen LogP contribution in [-0.4, -0.2) is 47.6 Å². The van der Waals surface area contributed by atoms with Crippen LogP contribution in [0.25, 0.3) is 0 Å². The smallest absolute Gasteiger partial charge is 0.269 e. The summed E-state index contributed by atoms with van der Waals surface area (Å²) >= 11 is 0. The predicted molar refractivity (Wildman–Crippen MR) is 58.6 cm³/mol. The van der Waals surface area contributed by atoms with Crippen molar-refractivity contribution in [1.82, 2.24) is 20.4 Å². The Balaban J connectivity index is 2.34. The number of anilines is 1. The SMILES string of the molecule is CN(C)C(=O)CCNC(=O)c1cc(N)n[nH]1. The van der Waals surface area contributed by atoms with Crippen molar-refractivity contribution in [3.05, 3.63) is 11.8 Å². The van der Waals surface area contributed by atoms with Gasteiger partial charge in [-0.05, 0) is 0 Å². The molecule has 0 atom stereocenters. The second kappa shape index (κ2) is 5.15. The molecule has 0 aliphatic rings. The zero-order valence-electron chi connectivity index (χ0n) is 9.28. The van der Waals surface area contributed by atoms with Crippen LogP contribution in [0.4, 0.5) is 5.82 Å². The van der Waals surface area contributed by atoms with Gasteiger partial charge in [-0.25, -0.2) is 0 Å². The van der Waals surface area contributed by atoms with Crippen molar-refractivity contribution in [2.24, 2.45) is 0 Å². The third-order valence-electron chi connectivity index (χ3n) is 1.97. The highest BCUT2D eigenvalue weighted by molar-refractivity contribution is 5.93. The number of aromatic nitrogens is 2. The van der Waals surface area contributed by atoms with E-state index in [4.69, 9.17) is 5.73 Å². The number of H-pyrrole nitrogens is 1. The number of nitrogens with zero attached hydrogens (tertiary/aromatic N) is 2. The predicted octanol–water partition coefficient (Wildman–Crippen LogP) is -0.800. The van der Waals surface area contributed by atoms with Gasteiger partial charge in [0.1, 0.15) is 11.5 Å². The third kappa shape index (κ3) is 3.26. The fourth-order valence-electron chi connectivity index (χ4n) is 1.06. The molecule has 0 aromatic carbocycles. The molecular formula is C9H15N5O2. The van der Waals surface area contributed by atoms with Crippen molar-refractivity contribution >= 4 is 17.6 Å². The first-order valence-corrected chi connectivity index (χ1v) is 4.80. The zero-order chi connectivity index (χ0) is 12.1. The Morgan fingerprint density at radius 1 is 1.56 bits per heavy atom. The lowest BCUT2D eigenvalue weighted by Crippen LogP contribution is -2.30. The molecule has 1 aromatic heterocycles. The number of carbonyl (C=O) groups is 2. The van der Waals surface area contributed by atoms with E-state index in [-0.39, 0.29) is 36.3 Å². The maximum Gasteiger partial charge on any atom is 0.269 e. The zero-order valence-corrected chi connectivity index (χ0v) is 9.28. The molecule has 0 unspecified atom stereocenters. The van der Waals surface area contributed by atoms with Gasteiger partial charge in [0.25, 0.3) is 5.91 Å². The number of hydrogen-bond donors (Lipinski definition) is 3. The fourth-order valence-corrected chi connectivity index (χ4v) is 1.06. The van der Waals surface area contributed by atoms with E-state index in [2.05, 4.69) is 15.5 Å². The van der Waals surface area contributed by atoms with Gasteiger partial charge < -0.3 is 16.0 Å². The monoisotopic (exact) mass is 225 g/mol. The Morgan fingerprint density at radius 2 is 2.25 bits per heavy atom. The number of nitrogen functional groups attached to an aromatic ring is 1. The molecule has 88 valence electrons. The van der Waals surface area contributed by atoms with Crippen molar-refractivity contribution in [2.75, 3.05) is 26.4 Å². The Bertz CT molecular complexity index is 385. The van der Waals surface area contributed by atoms with Crippen molar-refractivity contribution in [1.29, 1.82) is 0 Å². The minimum atomic E-state index is -0.323. The van der Waals surface area contributed by atoms with Crippen molar-refractivity contribution < 1.29 is 9.59 Å². The number of hydrogen-bond acceptors (Lipinski definition) is 4. The van der Waals surface area contributed by atoms with Crippen LogP contribution in [0.2, 0.25) is 0 Å². The first kappa shape index (κ1) is 12.0. The first-order valence-electron chi connectivity index (χ1n) is 4.80. The van der Waals surface area contributed by atoms with Gasteiger partial charge in [-0.2, -0.15) is 5.10 Å².